The molecule has 0 bridgehead atoms. The number of benzene rings is 2. The molecule has 2 aliphatic rings. The zero-order valence-corrected chi connectivity index (χ0v) is 17.3. The largest absolute Gasteiger partial charge is 0.490 e. The topological polar surface area (TPSA) is 62.1 Å². The van der Waals surface area contributed by atoms with Crippen LogP contribution in [0.3, 0.4) is 0 Å². The van der Waals surface area contributed by atoms with Crippen molar-refractivity contribution in [2.75, 3.05) is 0 Å². The zero-order chi connectivity index (χ0) is 20.4. The third-order valence-corrected chi connectivity index (χ3v) is 6.61. The molecule has 29 heavy (non-hydrogen) atoms. The van der Waals surface area contributed by atoms with Crippen molar-refractivity contribution in [1.29, 1.82) is 5.26 Å². The van der Waals surface area contributed by atoms with Crippen LogP contribution in [0.15, 0.2) is 42.5 Å². The van der Waals surface area contributed by atoms with E-state index in [4.69, 9.17) is 21.6 Å². The molecule has 0 unspecified atom stereocenters. The Labute approximate surface area is 176 Å². The molecule has 2 aromatic rings. The molecule has 2 fully saturated rings. The number of halogens is 1. The minimum absolute atomic E-state index is 0.0256. The van der Waals surface area contributed by atoms with Crippen molar-refractivity contribution < 1.29 is 9.53 Å². The molecule has 0 spiro atoms. The van der Waals surface area contributed by atoms with E-state index >= 15 is 0 Å². The molecule has 0 aliphatic heterocycles. The lowest BCUT2D eigenvalue weighted by Gasteiger charge is -2.18. The number of carbonyl (C=O) groups excluding carboxylic acids is 1. The van der Waals surface area contributed by atoms with Crippen molar-refractivity contribution in [1.82, 2.24) is 5.32 Å². The van der Waals surface area contributed by atoms with E-state index in [0.717, 1.165) is 43.4 Å². The number of nitriles is 1. The molecule has 1 amide bonds. The molecule has 1 N–H and O–H groups in total. The second kappa shape index (κ2) is 8.47. The van der Waals surface area contributed by atoms with Crippen LogP contribution in [0, 0.1) is 23.2 Å². The SMILES string of the molecule is CCc1ccc(C(=O)N[C@H]2C[C@@H]3C[C@H](Oc4ccc(C#N)c(Cl)c4)C[C@@H]3C2)cc1. The molecular weight excluding hydrogens is 384 g/mol. The van der Waals surface area contributed by atoms with Gasteiger partial charge in [-0.3, -0.25) is 4.79 Å². The lowest BCUT2D eigenvalue weighted by molar-refractivity contribution is 0.0935. The van der Waals surface area contributed by atoms with E-state index in [1.807, 2.05) is 30.3 Å². The van der Waals surface area contributed by atoms with Crippen LogP contribution >= 0.6 is 11.6 Å². The second-order valence-electron chi connectivity index (χ2n) is 8.18. The number of rotatable bonds is 5. The summed E-state index contributed by atoms with van der Waals surface area (Å²) in [5.74, 6) is 1.92. The summed E-state index contributed by atoms with van der Waals surface area (Å²) < 4.78 is 6.12. The highest BCUT2D eigenvalue weighted by Gasteiger charge is 2.43. The molecule has 4 atom stereocenters. The normalized spacial score (nSPS) is 25.3. The Morgan fingerprint density at radius 3 is 2.41 bits per heavy atom. The van der Waals surface area contributed by atoms with Crippen molar-refractivity contribution in [2.45, 2.75) is 51.2 Å². The third-order valence-electron chi connectivity index (χ3n) is 6.30. The lowest BCUT2D eigenvalue weighted by atomic mass is 10.0. The van der Waals surface area contributed by atoms with Gasteiger partial charge in [-0.2, -0.15) is 5.26 Å². The van der Waals surface area contributed by atoms with Gasteiger partial charge < -0.3 is 10.1 Å². The molecule has 5 heteroatoms. The number of ether oxygens (including phenoxy) is 1. The summed E-state index contributed by atoms with van der Waals surface area (Å²) in [6.07, 6.45) is 5.17. The van der Waals surface area contributed by atoms with Crippen LogP contribution in [-0.4, -0.2) is 18.1 Å². The van der Waals surface area contributed by atoms with Crippen molar-refractivity contribution in [3.63, 3.8) is 0 Å². The van der Waals surface area contributed by atoms with Gasteiger partial charge in [0.25, 0.3) is 5.91 Å². The molecule has 0 aromatic heterocycles. The third kappa shape index (κ3) is 4.41. The van der Waals surface area contributed by atoms with Gasteiger partial charge in [0, 0.05) is 17.7 Å². The Bertz CT molecular complexity index is 921. The van der Waals surface area contributed by atoms with Gasteiger partial charge >= 0.3 is 0 Å². The molecule has 4 rings (SSSR count). The maximum absolute atomic E-state index is 12.5. The molecule has 4 nitrogen and oxygen atoms in total. The fourth-order valence-electron chi connectivity index (χ4n) is 4.79. The van der Waals surface area contributed by atoms with Gasteiger partial charge in [0.2, 0.25) is 0 Å². The molecule has 2 saturated carbocycles. The van der Waals surface area contributed by atoms with Crippen LogP contribution in [-0.2, 0) is 6.42 Å². The van der Waals surface area contributed by atoms with Crippen molar-refractivity contribution in [3.8, 4) is 11.8 Å². The molecule has 0 heterocycles. The number of aryl methyl sites for hydroxylation is 1. The van der Waals surface area contributed by atoms with Crippen molar-refractivity contribution in [3.05, 3.63) is 64.2 Å². The van der Waals surface area contributed by atoms with Crippen LogP contribution in [0.4, 0.5) is 0 Å². The first-order valence-corrected chi connectivity index (χ1v) is 10.7. The fourth-order valence-corrected chi connectivity index (χ4v) is 5.00. The fraction of sp³-hybridized carbons (Fsp3) is 0.417. The summed E-state index contributed by atoms with van der Waals surface area (Å²) in [4.78, 5) is 12.5. The first kappa shape index (κ1) is 19.8. The van der Waals surface area contributed by atoms with E-state index in [2.05, 4.69) is 18.3 Å². The van der Waals surface area contributed by atoms with E-state index in [9.17, 15) is 4.79 Å². The van der Waals surface area contributed by atoms with Crippen molar-refractivity contribution in [2.24, 2.45) is 11.8 Å². The summed E-state index contributed by atoms with van der Waals surface area (Å²) in [6.45, 7) is 2.11. The molecule has 2 aromatic carbocycles. The Morgan fingerprint density at radius 2 is 1.83 bits per heavy atom. The quantitative estimate of drug-likeness (QED) is 0.744. The Balaban J connectivity index is 1.29. The van der Waals surface area contributed by atoms with Gasteiger partial charge in [-0.25, -0.2) is 0 Å². The average molecular weight is 409 g/mol. The molecular formula is C24H25ClN2O2. The standard InChI is InChI=1S/C24H25ClN2O2/c1-2-15-3-5-16(6-4-15)24(28)27-20-9-18-11-22(12-19(18)10-20)29-21-8-7-17(14-26)23(25)13-21/h3-8,13,18-20,22H,2,9-12H2,1H3,(H,27,28)/t18-,19+,20+,22+. The minimum Gasteiger partial charge on any atom is -0.490 e. The maximum atomic E-state index is 12.5. The summed E-state index contributed by atoms with van der Waals surface area (Å²) in [7, 11) is 0. The van der Waals surface area contributed by atoms with Gasteiger partial charge in [-0.1, -0.05) is 30.7 Å². The monoisotopic (exact) mass is 408 g/mol. The van der Waals surface area contributed by atoms with Gasteiger partial charge in [-0.05, 0) is 73.8 Å². The minimum atomic E-state index is 0.0256. The van der Waals surface area contributed by atoms with Gasteiger partial charge in [0.15, 0.2) is 0 Å². The summed E-state index contributed by atoms with van der Waals surface area (Å²) >= 11 is 6.10. The number of nitrogens with zero attached hydrogens (tertiary/aromatic N) is 1. The number of hydrogen-bond acceptors (Lipinski definition) is 3. The Kier molecular flexibility index (Phi) is 5.78. The lowest BCUT2D eigenvalue weighted by Crippen LogP contribution is -2.33. The summed E-state index contributed by atoms with van der Waals surface area (Å²) in [6, 6.07) is 15.4. The van der Waals surface area contributed by atoms with E-state index in [1.165, 1.54) is 5.56 Å². The number of carbonyl (C=O) groups is 1. The van der Waals surface area contributed by atoms with E-state index in [1.54, 1.807) is 12.1 Å². The molecule has 0 radical (unpaired) electrons. The highest BCUT2D eigenvalue weighted by atomic mass is 35.5. The average Bonchev–Trinajstić information content (AvgIpc) is 3.26. The predicted octanol–water partition coefficient (Wildman–Crippen LogP) is 5.14. The van der Waals surface area contributed by atoms with Crippen molar-refractivity contribution >= 4 is 17.5 Å². The Morgan fingerprint density at radius 1 is 1.14 bits per heavy atom. The van der Waals surface area contributed by atoms with Gasteiger partial charge in [0.05, 0.1) is 16.7 Å². The number of hydrogen-bond donors (Lipinski definition) is 1. The van der Waals surface area contributed by atoms with Gasteiger partial charge in [-0.15, -0.1) is 0 Å². The summed E-state index contributed by atoms with van der Waals surface area (Å²) in [5.41, 5.74) is 2.44. The van der Waals surface area contributed by atoms with E-state index in [-0.39, 0.29) is 18.1 Å². The molecule has 0 saturated heterocycles. The first-order chi connectivity index (χ1) is 14.1. The maximum Gasteiger partial charge on any atom is 0.251 e. The van der Waals surface area contributed by atoms with E-state index < -0.39 is 0 Å². The zero-order valence-electron chi connectivity index (χ0n) is 16.5. The van der Waals surface area contributed by atoms with Crippen LogP contribution < -0.4 is 10.1 Å². The highest BCUT2D eigenvalue weighted by molar-refractivity contribution is 6.31. The van der Waals surface area contributed by atoms with Crippen LogP contribution in [0.25, 0.3) is 0 Å². The Hall–Kier alpha value is -2.51. The molecule has 150 valence electrons. The number of fused-ring (bicyclic) bond motifs is 1. The second-order valence-corrected chi connectivity index (χ2v) is 8.58. The highest BCUT2D eigenvalue weighted by Crippen LogP contribution is 2.45. The first-order valence-electron chi connectivity index (χ1n) is 10.3. The molecule has 2 aliphatic carbocycles. The smallest absolute Gasteiger partial charge is 0.251 e. The van der Waals surface area contributed by atoms with E-state index in [0.29, 0.717) is 22.4 Å². The van der Waals surface area contributed by atoms with Crippen LogP contribution in [0.1, 0.15) is 54.1 Å². The number of nitrogens with one attached hydrogen (secondary N) is 1. The van der Waals surface area contributed by atoms with Crippen LogP contribution in [0.5, 0.6) is 5.75 Å². The summed E-state index contributed by atoms with van der Waals surface area (Å²) in [5, 5.41) is 12.6. The van der Waals surface area contributed by atoms with Crippen LogP contribution in [0.2, 0.25) is 5.02 Å². The predicted molar refractivity (Wildman–Crippen MR) is 113 cm³/mol. The number of amides is 1. The van der Waals surface area contributed by atoms with Gasteiger partial charge in [0.1, 0.15) is 11.8 Å².